The molecule has 1 heterocycles. The molecule has 0 fully saturated rings. The molecule has 0 radical (unpaired) electrons. The zero-order chi connectivity index (χ0) is 15.4. The number of aryl methyl sites for hydroxylation is 2. The van der Waals surface area contributed by atoms with Crippen LogP contribution in [0.15, 0.2) is 35.7 Å². The summed E-state index contributed by atoms with van der Waals surface area (Å²) in [7, 11) is 0. The molecular formula is C18H22N2OS. The topological polar surface area (TPSA) is 55.1 Å². The molecule has 4 heteroatoms. The van der Waals surface area contributed by atoms with E-state index < -0.39 is 0 Å². The number of nitrogens with two attached hydrogens (primary N) is 1. The molecule has 0 saturated carbocycles. The Kier molecular flexibility index (Phi) is 4.78. The Balaban J connectivity index is 1.54. The van der Waals surface area contributed by atoms with Gasteiger partial charge in [-0.25, -0.2) is 0 Å². The third-order valence-corrected chi connectivity index (χ3v) is 5.16. The lowest BCUT2D eigenvalue weighted by molar-refractivity contribution is -0.122. The predicted octanol–water partition coefficient (Wildman–Crippen LogP) is 3.85. The number of hydrogen-bond donors (Lipinski definition) is 2. The van der Waals surface area contributed by atoms with E-state index >= 15 is 0 Å². The number of hydrogen-bond acceptors (Lipinski definition) is 3. The Bertz CT molecular complexity index is 637. The summed E-state index contributed by atoms with van der Waals surface area (Å²) in [5.74, 6) is 0.159. The van der Waals surface area contributed by atoms with Gasteiger partial charge in [-0.05, 0) is 66.8 Å². The van der Waals surface area contributed by atoms with Crippen LogP contribution < -0.4 is 11.1 Å². The molecule has 3 N–H and O–H groups in total. The summed E-state index contributed by atoms with van der Waals surface area (Å²) in [5.41, 5.74) is 9.19. The van der Waals surface area contributed by atoms with Crippen molar-refractivity contribution < 1.29 is 4.79 Å². The van der Waals surface area contributed by atoms with Crippen molar-refractivity contribution in [2.75, 3.05) is 5.73 Å². The summed E-state index contributed by atoms with van der Waals surface area (Å²) in [6, 6.07) is 10.4. The normalized spacial score (nSPS) is 17.0. The van der Waals surface area contributed by atoms with E-state index in [1.807, 2.05) is 12.1 Å². The van der Waals surface area contributed by atoms with Crippen molar-refractivity contribution in [3.63, 3.8) is 0 Å². The van der Waals surface area contributed by atoms with Gasteiger partial charge < -0.3 is 11.1 Å². The predicted molar refractivity (Wildman–Crippen MR) is 91.9 cm³/mol. The molecule has 116 valence electrons. The zero-order valence-corrected chi connectivity index (χ0v) is 13.5. The number of carbonyl (C=O) groups excluding carboxylic acids is 1. The minimum Gasteiger partial charge on any atom is -0.399 e. The number of amides is 1. The highest BCUT2D eigenvalue weighted by Gasteiger charge is 2.21. The van der Waals surface area contributed by atoms with Crippen LogP contribution in [0.3, 0.4) is 0 Å². The van der Waals surface area contributed by atoms with Crippen molar-refractivity contribution in [1.29, 1.82) is 0 Å². The van der Waals surface area contributed by atoms with Gasteiger partial charge in [0, 0.05) is 17.0 Å². The van der Waals surface area contributed by atoms with Crippen molar-refractivity contribution in [2.45, 2.75) is 44.6 Å². The molecular weight excluding hydrogens is 292 g/mol. The number of nitrogens with one attached hydrogen (secondary N) is 1. The van der Waals surface area contributed by atoms with Gasteiger partial charge in [-0.1, -0.05) is 12.1 Å². The number of thiophene rings is 1. The van der Waals surface area contributed by atoms with Crippen LogP contribution in [0.5, 0.6) is 0 Å². The Morgan fingerprint density at radius 1 is 1.36 bits per heavy atom. The van der Waals surface area contributed by atoms with Gasteiger partial charge in [0.2, 0.25) is 5.91 Å². The van der Waals surface area contributed by atoms with Crippen LogP contribution >= 0.6 is 11.3 Å². The van der Waals surface area contributed by atoms with Gasteiger partial charge in [0.15, 0.2) is 0 Å². The quantitative estimate of drug-likeness (QED) is 0.824. The Hall–Kier alpha value is -1.81. The van der Waals surface area contributed by atoms with Gasteiger partial charge >= 0.3 is 0 Å². The van der Waals surface area contributed by atoms with E-state index in [0.29, 0.717) is 6.42 Å². The van der Waals surface area contributed by atoms with Crippen LogP contribution in [-0.2, 0) is 17.6 Å². The number of fused-ring (bicyclic) bond motifs is 1. The maximum Gasteiger partial charge on any atom is 0.220 e. The zero-order valence-electron chi connectivity index (χ0n) is 12.7. The first-order valence-electron chi connectivity index (χ1n) is 7.92. The second-order valence-corrected chi connectivity index (χ2v) is 6.94. The van der Waals surface area contributed by atoms with E-state index in [0.717, 1.165) is 37.8 Å². The summed E-state index contributed by atoms with van der Waals surface area (Å²) in [5, 5.41) is 5.28. The van der Waals surface area contributed by atoms with Crippen LogP contribution in [0.4, 0.5) is 5.69 Å². The molecule has 2 aromatic rings. The molecule has 1 aromatic heterocycles. The fraction of sp³-hybridized carbons (Fsp3) is 0.389. The summed E-state index contributed by atoms with van der Waals surface area (Å²) in [6.07, 6.45) is 5.69. The molecule has 0 bridgehead atoms. The van der Waals surface area contributed by atoms with Crippen LogP contribution in [0.25, 0.3) is 0 Å². The minimum absolute atomic E-state index is 0.151. The molecule has 0 aliphatic heterocycles. The monoisotopic (exact) mass is 314 g/mol. The van der Waals surface area contributed by atoms with E-state index in [9.17, 15) is 4.79 Å². The Morgan fingerprint density at radius 2 is 2.27 bits per heavy atom. The number of rotatable bonds is 5. The van der Waals surface area contributed by atoms with E-state index in [4.69, 9.17) is 5.73 Å². The molecule has 1 amide bonds. The van der Waals surface area contributed by atoms with Crippen molar-refractivity contribution in [2.24, 2.45) is 0 Å². The average molecular weight is 314 g/mol. The molecule has 1 aliphatic carbocycles. The maximum absolute atomic E-state index is 12.2. The van der Waals surface area contributed by atoms with Gasteiger partial charge in [-0.15, -0.1) is 11.3 Å². The Morgan fingerprint density at radius 3 is 3.09 bits per heavy atom. The van der Waals surface area contributed by atoms with Gasteiger partial charge in [-0.2, -0.15) is 0 Å². The molecule has 0 saturated heterocycles. The van der Waals surface area contributed by atoms with Crippen LogP contribution in [0.2, 0.25) is 0 Å². The lowest BCUT2D eigenvalue weighted by Crippen LogP contribution is -2.30. The highest BCUT2D eigenvalue weighted by atomic mass is 32.1. The van der Waals surface area contributed by atoms with Crippen LogP contribution in [0, 0.1) is 0 Å². The molecule has 1 aliphatic rings. The smallest absolute Gasteiger partial charge is 0.220 e. The SMILES string of the molecule is Nc1ccc2c(c1)CCCC2NC(=O)CCCc1cccs1. The van der Waals surface area contributed by atoms with Gasteiger partial charge in [0.25, 0.3) is 0 Å². The summed E-state index contributed by atoms with van der Waals surface area (Å²) in [4.78, 5) is 13.5. The van der Waals surface area contributed by atoms with E-state index in [2.05, 4.69) is 28.9 Å². The first-order chi connectivity index (χ1) is 10.7. The minimum atomic E-state index is 0.151. The summed E-state index contributed by atoms with van der Waals surface area (Å²) < 4.78 is 0. The third kappa shape index (κ3) is 3.69. The molecule has 1 aromatic carbocycles. The molecule has 3 rings (SSSR count). The maximum atomic E-state index is 12.2. The highest BCUT2D eigenvalue weighted by Crippen LogP contribution is 2.31. The summed E-state index contributed by atoms with van der Waals surface area (Å²) >= 11 is 1.76. The number of nitrogen functional groups attached to an aromatic ring is 1. The van der Waals surface area contributed by atoms with E-state index in [1.54, 1.807) is 11.3 Å². The third-order valence-electron chi connectivity index (χ3n) is 4.22. The summed E-state index contributed by atoms with van der Waals surface area (Å²) in [6.45, 7) is 0. The first kappa shape index (κ1) is 15.1. The lowest BCUT2D eigenvalue weighted by Gasteiger charge is -2.26. The fourth-order valence-corrected chi connectivity index (χ4v) is 3.88. The molecule has 0 spiro atoms. The van der Waals surface area contributed by atoms with Crippen LogP contribution in [0.1, 0.15) is 47.7 Å². The lowest BCUT2D eigenvalue weighted by atomic mass is 9.87. The first-order valence-corrected chi connectivity index (χ1v) is 8.80. The van der Waals surface area contributed by atoms with Gasteiger partial charge in [0.05, 0.1) is 6.04 Å². The largest absolute Gasteiger partial charge is 0.399 e. The standard InChI is InChI=1S/C18H22N2OS/c19-14-9-10-16-13(12-14)4-1-7-17(16)20-18(21)8-2-5-15-6-3-11-22-15/h3,6,9-12,17H,1-2,4-5,7-8,19H2,(H,20,21). The van der Waals surface area contributed by atoms with Gasteiger partial charge in [0.1, 0.15) is 0 Å². The molecule has 3 nitrogen and oxygen atoms in total. The van der Waals surface area contributed by atoms with E-state index in [-0.39, 0.29) is 11.9 Å². The number of anilines is 1. The number of benzene rings is 1. The van der Waals surface area contributed by atoms with Gasteiger partial charge in [-0.3, -0.25) is 4.79 Å². The van der Waals surface area contributed by atoms with Crippen molar-refractivity contribution in [1.82, 2.24) is 5.32 Å². The second kappa shape index (κ2) is 6.97. The molecule has 22 heavy (non-hydrogen) atoms. The van der Waals surface area contributed by atoms with Crippen molar-refractivity contribution in [3.05, 3.63) is 51.7 Å². The van der Waals surface area contributed by atoms with Crippen molar-refractivity contribution >= 4 is 22.9 Å². The van der Waals surface area contributed by atoms with Crippen molar-refractivity contribution in [3.8, 4) is 0 Å². The molecule has 1 atom stereocenters. The number of carbonyl (C=O) groups is 1. The highest BCUT2D eigenvalue weighted by molar-refractivity contribution is 7.09. The van der Waals surface area contributed by atoms with Crippen LogP contribution in [-0.4, -0.2) is 5.91 Å². The average Bonchev–Trinajstić information content (AvgIpc) is 3.00. The fourth-order valence-electron chi connectivity index (χ4n) is 3.13. The Labute approximate surface area is 135 Å². The van der Waals surface area contributed by atoms with E-state index in [1.165, 1.54) is 16.0 Å². The second-order valence-electron chi connectivity index (χ2n) is 5.90. The molecule has 1 unspecified atom stereocenters.